The summed E-state index contributed by atoms with van der Waals surface area (Å²) in [6, 6.07) is 4.55. The maximum atomic E-state index is 11.0. The summed E-state index contributed by atoms with van der Waals surface area (Å²) in [7, 11) is 0. The van der Waals surface area contributed by atoms with Gasteiger partial charge in [-0.1, -0.05) is 23.2 Å². The molecule has 2 rings (SSSR count). The number of anilines is 1. The Balaban J connectivity index is 2.71. The lowest BCUT2D eigenvalue weighted by Gasteiger charge is -2.04. The van der Waals surface area contributed by atoms with Gasteiger partial charge in [-0.25, -0.2) is 9.97 Å². The summed E-state index contributed by atoms with van der Waals surface area (Å²) in [5.74, 6) is -0.207. The van der Waals surface area contributed by atoms with Crippen molar-refractivity contribution in [2.24, 2.45) is 0 Å². The van der Waals surface area contributed by atoms with E-state index in [2.05, 4.69) is 9.97 Å². The second-order valence-electron chi connectivity index (χ2n) is 3.37. The molecule has 92 valence electrons. The van der Waals surface area contributed by atoms with Gasteiger partial charge in [0.25, 0.3) is 0 Å². The van der Waals surface area contributed by atoms with Crippen molar-refractivity contribution >= 4 is 34.7 Å². The summed E-state index contributed by atoms with van der Waals surface area (Å²) < 4.78 is 0. The van der Waals surface area contributed by atoms with Gasteiger partial charge in [0, 0.05) is 15.6 Å². The maximum Gasteiger partial charge on any atom is 0.337 e. The van der Waals surface area contributed by atoms with E-state index in [0.29, 0.717) is 15.6 Å². The van der Waals surface area contributed by atoms with E-state index in [0.717, 1.165) is 6.33 Å². The SMILES string of the molecule is Nc1ncnc(-c2cc(Cl)cc(Cl)c2)c1[N+](=O)[O-]. The van der Waals surface area contributed by atoms with E-state index in [1.165, 1.54) is 18.2 Å². The molecule has 0 aliphatic carbocycles. The molecular weight excluding hydrogens is 279 g/mol. The lowest BCUT2D eigenvalue weighted by atomic mass is 10.1. The fourth-order valence-electron chi connectivity index (χ4n) is 1.47. The Hall–Kier alpha value is -1.92. The number of aromatic nitrogens is 2. The van der Waals surface area contributed by atoms with Gasteiger partial charge in [0.1, 0.15) is 6.33 Å². The Labute approximate surface area is 112 Å². The normalized spacial score (nSPS) is 10.3. The quantitative estimate of drug-likeness (QED) is 0.676. The predicted molar refractivity (Wildman–Crippen MR) is 68.6 cm³/mol. The molecule has 2 N–H and O–H groups in total. The number of hydrogen-bond donors (Lipinski definition) is 1. The first-order chi connectivity index (χ1) is 8.49. The summed E-state index contributed by atoms with van der Waals surface area (Å²) in [5, 5.41) is 11.7. The number of nitro groups is 1. The molecule has 6 nitrogen and oxygen atoms in total. The smallest absolute Gasteiger partial charge is 0.337 e. The average molecular weight is 285 g/mol. The maximum absolute atomic E-state index is 11.0. The molecule has 0 aliphatic heterocycles. The lowest BCUT2D eigenvalue weighted by Crippen LogP contribution is -2.02. The van der Waals surface area contributed by atoms with E-state index in [-0.39, 0.29) is 17.2 Å². The first-order valence-electron chi connectivity index (χ1n) is 4.70. The zero-order chi connectivity index (χ0) is 13.3. The number of hydrogen-bond acceptors (Lipinski definition) is 5. The monoisotopic (exact) mass is 284 g/mol. The van der Waals surface area contributed by atoms with E-state index in [1.54, 1.807) is 0 Å². The van der Waals surface area contributed by atoms with E-state index in [9.17, 15) is 10.1 Å². The van der Waals surface area contributed by atoms with Crippen molar-refractivity contribution in [3.63, 3.8) is 0 Å². The van der Waals surface area contributed by atoms with Gasteiger partial charge in [0.05, 0.1) is 4.92 Å². The van der Waals surface area contributed by atoms with Crippen LogP contribution in [0.15, 0.2) is 24.5 Å². The molecule has 0 saturated heterocycles. The molecule has 8 heteroatoms. The molecular formula is C10H6Cl2N4O2. The van der Waals surface area contributed by atoms with Gasteiger partial charge in [-0.3, -0.25) is 10.1 Å². The van der Waals surface area contributed by atoms with Crippen LogP contribution in [-0.4, -0.2) is 14.9 Å². The molecule has 0 fully saturated rings. The lowest BCUT2D eigenvalue weighted by molar-refractivity contribution is -0.383. The second-order valence-corrected chi connectivity index (χ2v) is 4.24. The first-order valence-corrected chi connectivity index (χ1v) is 5.46. The molecule has 0 radical (unpaired) electrons. The first kappa shape index (κ1) is 12.5. The number of nitrogens with two attached hydrogens (primary N) is 1. The van der Waals surface area contributed by atoms with Gasteiger partial charge in [-0.15, -0.1) is 0 Å². The van der Waals surface area contributed by atoms with Crippen molar-refractivity contribution < 1.29 is 4.92 Å². The van der Waals surface area contributed by atoms with E-state index in [4.69, 9.17) is 28.9 Å². The third kappa shape index (κ3) is 2.34. The Bertz CT molecular complexity index is 613. The Morgan fingerprint density at radius 3 is 2.33 bits per heavy atom. The van der Waals surface area contributed by atoms with E-state index >= 15 is 0 Å². The molecule has 1 aromatic heterocycles. The van der Waals surface area contributed by atoms with Crippen LogP contribution in [0.2, 0.25) is 10.0 Å². The minimum absolute atomic E-state index is 0.0805. The summed E-state index contributed by atoms with van der Waals surface area (Å²) in [5.41, 5.74) is 5.60. The molecule has 2 aromatic rings. The highest BCUT2D eigenvalue weighted by Gasteiger charge is 2.22. The average Bonchev–Trinajstić information content (AvgIpc) is 2.26. The molecule has 0 amide bonds. The molecule has 1 aromatic carbocycles. The molecule has 0 spiro atoms. The van der Waals surface area contributed by atoms with Gasteiger partial charge >= 0.3 is 5.69 Å². The number of rotatable bonds is 2. The van der Waals surface area contributed by atoms with Crippen molar-refractivity contribution in [3.8, 4) is 11.3 Å². The zero-order valence-corrected chi connectivity index (χ0v) is 10.3. The molecule has 0 saturated carbocycles. The van der Waals surface area contributed by atoms with E-state index < -0.39 is 4.92 Å². The van der Waals surface area contributed by atoms with Gasteiger partial charge < -0.3 is 5.73 Å². The van der Waals surface area contributed by atoms with Crippen LogP contribution in [0.4, 0.5) is 11.5 Å². The number of benzene rings is 1. The summed E-state index contributed by atoms with van der Waals surface area (Å²) in [6.45, 7) is 0. The van der Waals surface area contributed by atoms with Crippen LogP contribution in [0.5, 0.6) is 0 Å². The van der Waals surface area contributed by atoms with E-state index in [1.807, 2.05) is 0 Å². The largest absolute Gasteiger partial charge is 0.378 e. The van der Waals surface area contributed by atoms with Crippen molar-refractivity contribution in [2.75, 3.05) is 5.73 Å². The van der Waals surface area contributed by atoms with Crippen LogP contribution in [0, 0.1) is 10.1 Å². The minimum Gasteiger partial charge on any atom is -0.378 e. The van der Waals surface area contributed by atoms with Crippen LogP contribution in [-0.2, 0) is 0 Å². The standard InChI is InChI=1S/C10H6Cl2N4O2/c11-6-1-5(2-7(12)3-6)8-9(16(17)18)10(13)15-4-14-8/h1-4H,(H2,13,14,15). The fraction of sp³-hybridized carbons (Fsp3) is 0. The van der Waals surface area contributed by atoms with Crippen LogP contribution in [0.1, 0.15) is 0 Å². The van der Waals surface area contributed by atoms with Gasteiger partial charge in [-0.05, 0) is 18.2 Å². The van der Waals surface area contributed by atoms with Crippen molar-refractivity contribution in [1.29, 1.82) is 0 Å². The summed E-state index contributed by atoms with van der Waals surface area (Å²) in [4.78, 5) is 17.8. The van der Waals surface area contributed by atoms with Crippen LogP contribution in [0.25, 0.3) is 11.3 Å². The van der Waals surface area contributed by atoms with Crippen molar-refractivity contribution in [3.05, 3.63) is 44.7 Å². The topological polar surface area (TPSA) is 94.9 Å². The summed E-state index contributed by atoms with van der Waals surface area (Å²) >= 11 is 11.7. The number of nitrogens with zero attached hydrogens (tertiary/aromatic N) is 3. The third-order valence-corrected chi connectivity index (χ3v) is 2.61. The summed E-state index contributed by atoms with van der Waals surface area (Å²) in [6.07, 6.45) is 1.15. The molecule has 18 heavy (non-hydrogen) atoms. The Morgan fingerprint density at radius 2 is 1.78 bits per heavy atom. The zero-order valence-electron chi connectivity index (χ0n) is 8.80. The highest BCUT2D eigenvalue weighted by atomic mass is 35.5. The highest BCUT2D eigenvalue weighted by Crippen LogP contribution is 2.33. The molecule has 0 unspecified atom stereocenters. The predicted octanol–water partition coefficient (Wildman–Crippen LogP) is 2.94. The highest BCUT2D eigenvalue weighted by molar-refractivity contribution is 6.35. The second kappa shape index (κ2) is 4.75. The number of halogens is 2. The van der Waals surface area contributed by atoms with Gasteiger partial charge in [0.15, 0.2) is 5.69 Å². The Kier molecular flexibility index (Phi) is 3.31. The van der Waals surface area contributed by atoms with Gasteiger partial charge in [-0.2, -0.15) is 0 Å². The molecule has 1 heterocycles. The number of nitrogen functional groups attached to an aromatic ring is 1. The molecule has 0 atom stereocenters. The Morgan fingerprint density at radius 1 is 1.17 bits per heavy atom. The van der Waals surface area contributed by atoms with Crippen molar-refractivity contribution in [1.82, 2.24) is 9.97 Å². The van der Waals surface area contributed by atoms with Gasteiger partial charge in [0.2, 0.25) is 5.82 Å². The van der Waals surface area contributed by atoms with Crippen LogP contribution < -0.4 is 5.73 Å². The third-order valence-electron chi connectivity index (χ3n) is 2.17. The van der Waals surface area contributed by atoms with Crippen molar-refractivity contribution in [2.45, 2.75) is 0 Å². The minimum atomic E-state index is -0.639. The molecule has 0 aliphatic rings. The molecule has 0 bridgehead atoms. The van der Waals surface area contributed by atoms with Crippen LogP contribution >= 0.6 is 23.2 Å². The van der Waals surface area contributed by atoms with Crippen LogP contribution in [0.3, 0.4) is 0 Å². The fourth-order valence-corrected chi connectivity index (χ4v) is 2.00.